The van der Waals surface area contributed by atoms with Crippen molar-refractivity contribution in [3.05, 3.63) is 0 Å². The molecule has 0 rings (SSSR count). The lowest BCUT2D eigenvalue weighted by Crippen LogP contribution is -2.44. The zero-order chi connectivity index (χ0) is 9.72. The molecule has 0 bridgehead atoms. The van der Waals surface area contributed by atoms with Gasteiger partial charge in [0.2, 0.25) is 0 Å². The van der Waals surface area contributed by atoms with Gasteiger partial charge in [0.05, 0.1) is 6.61 Å². The lowest BCUT2D eigenvalue weighted by Gasteiger charge is -2.21. The molecule has 72 valence electrons. The van der Waals surface area contributed by atoms with Gasteiger partial charge < -0.3 is 25.2 Å². The highest BCUT2D eigenvalue weighted by Crippen LogP contribution is 2.05. The van der Waals surface area contributed by atoms with Gasteiger partial charge in [-0.15, -0.1) is 0 Å². The Morgan fingerprint density at radius 1 is 1.25 bits per heavy atom. The Kier molecular flexibility index (Phi) is 4.91. The lowest BCUT2D eigenvalue weighted by molar-refractivity contribution is -0.127. The van der Waals surface area contributed by atoms with Crippen molar-refractivity contribution < 1.29 is 29.6 Å². The maximum atomic E-state index is 12.3. The van der Waals surface area contributed by atoms with Crippen LogP contribution in [0.3, 0.4) is 0 Å². The lowest BCUT2D eigenvalue weighted by atomic mass is 10.1. The third kappa shape index (κ3) is 2.82. The highest BCUT2D eigenvalue weighted by molar-refractivity contribution is 5.56. The van der Waals surface area contributed by atoms with Crippen molar-refractivity contribution in [1.82, 2.24) is 0 Å². The van der Waals surface area contributed by atoms with Crippen molar-refractivity contribution in [3.63, 3.8) is 0 Å². The highest BCUT2D eigenvalue weighted by Gasteiger charge is 2.30. The summed E-state index contributed by atoms with van der Waals surface area (Å²) in [4.78, 5) is 9.77. The average molecular weight is 181 g/mol. The summed E-state index contributed by atoms with van der Waals surface area (Å²) in [5.74, 6) is 0. The van der Waals surface area contributed by atoms with E-state index in [0.717, 1.165) is 0 Å². The van der Waals surface area contributed by atoms with Crippen molar-refractivity contribution in [2.45, 2.75) is 24.5 Å². The number of rotatable bonds is 5. The second-order valence-corrected chi connectivity index (χ2v) is 2.31. The fourth-order valence-electron chi connectivity index (χ4n) is 0.604. The number of halogens is 1. The summed E-state index contributed by atoms with van der Waals surface area (Å²) >= 11 is 0. The number of carbonyl (C=O) groups is 1. The Labute approximate surface area is 68.1 Å². The number of hydrogen-bond donors (Lipinski definition) is 4. The van der Waals surface area contributed by atoms with Gasteiger partial charge in [-0.05, 0) is 0 Å². The van der Waals surface area contributed by atoms with Crippen LogP contribution in [0.25, 0.3) is 0 Å². The van der Waals surface area contributed by atoms with Crippen LogP contribution in [0.2, 0.25) is 0 Å². The van der Waals surface area contributed by atoms with E-state index in [0.29, 0.717) is 0 Å². The van der Waals surface area contributed by atoms with Crippen LogP contribution in [0.15, 0.2) is 0 Å². The summed E-state index contributed by atoms with van der Waals surface area (Å²) in [7, 11) is 0. The van der Waals surface area contributed by atoms with Gasteiger partial charge in [-0.2, -0.15) is 0 Å². The van der Waals surface area contributed by atoms with E-state index in [4.69, 9.17) is 20.4 Å². The van der Waals surface area contributed by atoms with Gasteiger partial charge in [0.15, 0.2) is 12.5 Å². The van der Waals surface area contributed by atoms with Crippen molar-refractivity contribution in [1.29, 1.82) is 0 Å². The van der Waals surface area contributed by atoms with E-state index in [1.165, 1.54) is 0 Å². The van der Waals surface area contributed by atoms with E-state index < -0.39 is 31.1 Å². The molecule has 0 heterocycles. The van der Waals surface area contributed by atoms with Crippen LogP contribution in [0.1, 0.15) is 0 Å². The van der Waals surface area contributed by atoms with Crippen LogP contribution in [-0.2, 0) is 4.79 Å². The summed E-state index contributed by atoms with van der Waals surface area (Å²) in [6, 6.07) is 0. The summed E-state index contributed by atoms with van der Waals surface area (Å²) in [5, 5.41) is 34.6. The summed E-state index contributed by atoms with van der Waals surface area (Å²) in [6.07, 6.45) is -7.99. The molecule has 0 aliphatic carbocycles. The smallest absolute Gasteiger partial charge is 0.183 e. The monoisotopic (exact) mass is 181 g/mol. The molecule has 0 aromatic heterocycles. The Bertz CT molecular complexity index is 142. The SMILES string of the molecule is O=C[C@@H]([18F])[C@@H](O)[C@H](O)[C@H](O)CO. The molecule has 4 atom stereocenters. The van der Waals surface area contributed by atoms with E-state index in [9.17, 15) is 9.18 Å². The fraction of sp³-hybridized carbons (Fsp3) is 0.833. The normalized spacial score (nSPS) is 21.1. The standard InChI is InChI=1S/C6H11FO5/c7-3(1-8)5(11)6(12)4(10)2-9/h1,3-6,9-12H,2H2/t3-,4-,5-,6-/m1/s1/i7-1. The molecule has 12 heavy (non-hydrogen) atoms. The number of hydrogen-bond acceptors (Lipinski definition) is 5. The first-order valence-corrected chi connectivity index (χ1v) is 3.29. The Balaban J connectivity index is 4.07. The molecule has 0 fully saturated rings. The van der Waals surface area contributed by atoms with Crippen LogP contribution in [-0.4, -0.2) is 57.8 Å². The molecule has 4 N–H and O–H groups in total. The van der Waals surface area contributed by atoms with Gasteiger partial charge >= 0.3 is 0 Å². The molecule has 6 heteroatoms. The second-order valence-electron chi connectivity index (χ2n) is 2.31. The predicted molar refractivity (Wildman–Crippen MR) is 36.1 cm³/mol. The topological polar surface area (TPSA) is 98.0 Å². The zero-order valence-electron chi connectivity index (χ0n) is 6.17. The molecule has 0 aromatic rings. The number of aliphatic hydroxyl groups is 4. The summed E-state index contributed by atoms with van der Waals surface area (Å²) in [6.45, 7) is -0.816. The fourth-order valence-corrected chi connectivity index (χ4v) is 0.604. The van der Waals surface area contributed by atoms with Gasteiger partial charge in [0.1, 0.15) is 18.3 Å². The molecule has 0 amide bonds. The number of aldehydes is 1. The predicted octanol–water partition coefficient (Wildman–Crippen LogP) is -2.40. The molecule has 0 radical (unpaired) electrons. The van der Waals surface area contributed by atoms with Crippen LogP contribution in [0.5, 0.6) is 0 Å². The zero-order valence-corrected chi connectivity index (χ0v) is 6.17. The van der Waals surface area contributed by atoms with Crippen molar-refractivity contribution in [2.24, 2.45) is 0 Å². The Morgan fingerprint density at radius 3 is 2.08 bits per heavy atom. The highest BCUT2D eigenvalue weighted by atomic mass is 18.2. The van der Waals surface area contributed by atoms with Gasteiger partial charge in [-0.25, -0.2) is 4.39 Å². The molecule has 0 aromatic carbocycles. The van der Waals surface area contributed by atoms with E-state index in [2.05, 4.69) is 0 Å². The molecule has 0 saturated carbocycles. The first kappa shape index (κ1) is 11.4. The maximum absolute atomic E-state index is 12.3. The molecule has 0 aliphatic heterocycles. The quantitative estimate of drug-likeness (QED) is 0.354. The average Bonchev–Trinajstić information content (AvgIpc) is 2.12. The van der Waals surface area contributed by atoms with Gasteiger partial charge in [-0.1, -0.05) is 0 Å². The Hall–Kier alpha value is -0.560. The molecule has 0 aliphatic rings. The molecule has 0 saturated heterocycles. The first-order chi connectivity index (χ1) is 5.54. The maximum Gasteiger partial charge on any atom is 0.183 e. The number of carbonyl (C=O) groups excluding carboxylic acids is 1. The molecule has 5 nitrogen and oxygen atoms in total. The molecular weight excluding hydrogens is 170 g/mol. The van der Waals surface area contributed by atoms with Crippen LogP contribution in [0, 0.1) is 0 Å². The number of alkyl halides is 1. The molecular formula is C6H11FO5. The van der Waals surface area contributed by atoms with Crippen molar-refractivity contribution >= 4 is 6.29 Å². The van der Waals surface area contributed by atoms with Gasteiger partial charge in [0.25, 0.3) is 0 Å². The van der Waals surface area contributed by atoms with E-state index >= 15 is 0 Å². The van der Waals surface area contributed by atoms with Crippen LogP contribution >= 0.6 is 0 Å². The minimum absolute atomic E-state index is 0.196. The van der Waals surface area contributed by atoms with Crippen molar-refractivity contribution in [2.75, 3.05) is 6.61 Å². The number of aliphatic hydroxyl groups excluding tert-OH is 4. The summed E-state index contributed by atoms with van der Waals surface area (Å²) in [5.41, 5.74) is 0. The molecule has 0 spiro atoms. The van der Waals surface area contributed by atoms with E-state index in [-0.39, 0.29) is 6.29 Å². The largest absolute Gasteiger partial charge is 0.394 e. The van der Waals surface area contributed by atoms with Crippen LogP contribution in [0.4, 0.5) is 4.39 Å². The minimum atomic E-state index is -2.26. The first-order valence-electron chi connectivity index (χ1n) is 3.29. The van der Waals surface area contributed by atoms with Crippen molar-refractivity contribution in [3.8, 4) is 0 Å². The van der Waals surface area contributed by atoms with Crippen LogP contribution < -0.4 is 0 Å². The Morgan fingerprint density at radius 2 is 1.75 bits per heavy atom. The second kappa shape index (κ2) is 5.15. The third-order valence-electron chi connectivity index (χ3n) is 1.39. The summed E-state index contributed by atoms with van der Waals surface area (Å²) < 4.78 is 12.3. The van der Waals surface area contributed by atoms with Gasteiger partial charge in [0, 0.05) is 0 Å². The van der Waals surface area contributed by atoms with Gasteiger partial charge in [-0.3, -0.25) is 0 Å². The minimum Gasteiger partial charge on any atom is -0.394 e. The van der Waals surface area contributed by atoms with E-state index in [1.807, 2.05) is 0 Å². The van der Waals surface area contributed by atoms with E-state index in [1.54, 1.807) is 0 Å². The third-order valence-corrected chi connectivity index (χ3v) is 1.39. The molecule has 0 unspecified atom stereocenters.